The molecule has 0 radical (unpaired) electrons. The number of thiophene rings is 1. The Kier molecular flexibility index (Phi) is 4.50. The topological polar surface area (TPSA) is 90.9 Å². The van der Waals surface area contributed by atoms with Gasteiger partial charge in [0.15, 0.2) is 0 Å². The van der Waals surface area contributed by atoms with Crippen molar-refractivity contribution in [2.45, 2.75) is 50.7 Å². The molecule has 2 heterocycles. The fourth-order valence-corrected chi connectivity index (χ4v) is 3.74. The minimum atomic E-state index is -3.87. The largest absolute Gasteiger partial charge is 0.295 e. The van der Waals surface area contributed by atoms with Crippen LogP contribution >= 0.6 is 11.3 Å². The number of aryl methyl sites for hydroxylation is 2. The highest BCUT2D eigenvalue weighted by molar-refractivity contribution is 7.89. The summed E-state index contributed by atoms with van der Waals surface area (Å²) in [7, 11) is -3.87. The zero-order valence-electron chi connectivity index (χ0n) is 12.4. The molecule has 0 aliphatic rings. The molecule has 0 atom stereocenters. The Morgan fingerprint density at radius 2 is 2.00 bits per heavy atom. The highest BCUT2D eigenvalue weighted by atomic mass is 32.2. The molecule has 0 unspecified atom stereocenters. The first-order valence-corrected chi connectivity index (χ1v) is 9.12. The average Bonchev–Trinajstić information content (AvgIpc) is 2.95. The summed E-state index contributed by atoms with van der Waals surface area (Å²) in [6, 6.07) is 4.12. The van der Waals surface area contributed by atoms with E-state index in [4.69, 9.17) is 5.14 Å². The molecule has 0 bridgehead atoms. The summed E-state index contributed by atoms with van der Waals surface area (Å²) in [6.45, 7) is 5.73. The monoisotopic (exact) mass is 328 g/mol. The van der Waals surface area contributed by atoms with E-state index in [-0.39, 0.29) is 5.16 Å². The summed E-state index contributed by atoms with van der Waals surface area (Å²) < 4.78 is 24.9. The van der Waals surface area contributed by atoms with Crippen molar-refractivity contribution in [2.24, 2.45) is 5.14 Å². The first-order chi connectivity index (χ1) is 9.69. The maximum atomic E-state index is 11.6. The molecule has 21 heavy (non-hydrogen) atoms. The van der Waals surface area contributed by atoms with Crippen LogP contribution in [0.5, 0.6) is 0 Å². The van der Waals surface area contributed by atoms with Crippen molar-refractivity contribution in [1.82, 2.24) is 14.8 Å². The number of hydrogen-bond acceptors (Lipinski definition) is 5. The lowest BCUT2D eigenvalue weighted by atomic mass is 10.1. The van der Waals surface area contributed by atoms with Crippen molar-refractivity contribution >= 4 is 21.4 Å². The van der Waals surface area contributed by atoms with Crippen molar-refractivity contribution in [2.75, 3.05) is 0 Å². The number of nitrogens with zero attached hydrogens (tertiary/aromatic N) is 3. The van der Waals surface area contributed by atoms with Crippen LogP contribution in [0.25, 0.3) is 0 Å². The Hall–Kier alpha value is -1.25. The Labute approximate surface area is 129 Å². The van der Waals surface area contributed by atoms with Crippen LogP contribution < -0.4 is 5.14 Å². The minimum absolute atomic E-state index is 0.166. The SMILES string of the molecule is CC(C)(C)n1c(CCCc2cccs2)nnc1S(N)(=O)=O. The molecule has 0 aromatic carbocycles. The minimum Gasteiger partial charge on any atom is -0.295 e. The van der Waals surface area contributed by atoms with Crippen LogP contribution in [0.15, 0.2) is 22.7 Å². The van der Waals surface area contributed by atoms with Crippen LogP contribution in [-0.4, -0.2) is 23.2 Å². The molecule has 0 saturated heterocycles. The maximum absolute atomic E-state index is 11.6. The van der Waals surface area contributed by atoms with Crippen LogP contribution in [0.2, 0.25) is 0 Å². The summed E-state index contributed by atoms with van der Waals surface area (Å²) >= 11 is 1.72. The van der Waals surface area contributed by atoms with E-state index in [0.717, 1.165) is 12.8 Å². The van der Waals surface area contributed by atoms with Crippen molar-refractivity contribution < 1.29 is 8.42 Å². The van der Waals surface area contributed by atoms with Crippen LogP contribution in [0.1, 0.15) is 37.9 Å². The number of aromatic nitrogens is 3. The smallest absolute Gasteiger partial charge is 0.273 e. The van der Waals surface area contributed by atoms with E-state index >= 15 is 0 Å². The van der Waals surface area contributed by atoms with Gasteiger partial charge in [0, 0.05) is 16.8 Å². The zero-order valence-corrected chi connectivity index (χ0v) is 14.0. The second-order valence-corrected chi connectivity index (χ2v) is 8.37. The lowest BCUT2D eigenvalue weighted by molar-refractivity contribution is 0.348. The highest BCUT2D eigenvalue weighted by Gasteiger charge is 2.28. The first kappa shape index (κ1) is 16.1. The molecule has 2 aromatic rings. The van der Waals surface area contributed by atoms with Gasteiger partial charge in [-0.15, -0.1) is 21.5 Å². The quantitative estimate of drug-likeness (QED) is 0.907. The molecule has 0 aliphatic carbocycles. The molecule has 0 spiro atoms. The van der Waals surface area contributed by atoms with Crippen LogP contribution in [-0.2, 0) is 28.4 Å². The van der Waals surface area contributed by atoms with E-state index in [1.807, 2.05) is 32.2 Å². The summed E-state index contributed by atoms with van der Waals surface area (Å²) in [4.78, 5) is 1.31. The molecule has 8 heteroatoms. The molecular formula is C13H20N4O2S2. The molecule has 0 aliphatic heterocycles. The van der Waals surface area contributed by atoms with Gasteiger partial charge in [0.25, 0.3) is 15.2 Å². The Bertz CT molecular complexity index is 697. The van der Waals surface area contributed by atoms with Crippen molar-refractivity contribution in [1.29, 1.82) is 0 Å². The van der Waals surface area contributed by atoms with E-state index in [1.165, 1.54) is 4.88 Å². The predicted molar refractivity (Wildman–Crippen MR) is 82.7 cm³/mol. The first-order valence-electron chi connectivity index (χ1n) is 6.69. The molecular weight excluding hydrogens is 308 g/mol. The van der Waals surface area contributed by atoms with Gasteiger partial charge in [-0.05, 0) is 45.1 Å². The lowest BCUT2D eigenvalue weighted by Crippen LogP contribution is -2.30. The summed E-state index contributed by atoms with van der Waals surface area (Å²) in [5.41, 5.74) is -0.441. The molecule has 0 amide bonds. The summed E-state index contributed by atoms with van der Waals surface area (Å²) in [5, 5.41) is 14.9. The van der Waals surface area contributed by atoms with Crippen LogP contribution in [0.3, 0.4) is 0 Å². The molecule has 0 fully saturated rings. The third-order valence-corrected chi connectivity index (χ3v) is 4.74. The van der Waals surface area contributed by atoms with Gasteiger partial charge >= 0.3 is 0 Å². The number of nitrogens with two attached hydrogens (primary N) is 1. The number of hydrogen-bond donors (Lipinski definition) is 1. The molecule has 2 rings (SSSR count). The summed E-state index contributed by atoms with van der Waals surface area (Å²) in [5.74, 6) is 0.656. The van der Waals surface area contributed by atoms with Gasteiger partial charge in [0.1, 0.15) is 5.82 Å². The van der Waals surface area contributed by atoms with Gasteiger partial charge in [-0.2, -0.15) is 0 Å². The van der Waals surface area contributed by atoms with Crippen molar-refractivity contribution in [3.05, 3.63) is 28.2 Å². The van der Waals surface area contributed by atoms with Gasteiger partial charge in [-0.3, -0.25) is 4.57 Å². The summed E-state index contributed by atoms with van der Waals surface area (Å²) in [6.07, 6.45) is 2.50. The second kappa shape index (κ2) is 5.86. The Morgan fingerprint density at radius 3 is 2.52 bits per heavy atom. The lowest BCUT2D eigenvalue weighted by Gasteiger charge is -2.24. The fraction of sp³-hybridized carbons (Fsp3) is 0.538. The molecule has 2 N–H and O–H groups in total. The standard InChI is InChI=1S/C13H20N4O2S2/c1-13(2,3)17-11(15-16-12(17)21(14,18)19)8-4-6-10-7-5-9-20-10/h5,7,9H,4,6,8H2,1-3H3,(H2,14,18,19). The Morgan fingerprint density at radius 1 is 1.29 bits per heavy atom. The van der Waals surface area contributed by atoms with Gasteiger partial charge in [-0.25, -0.2) is 13.6 Å². The van der Waals surface area contributed by atoms with Crippen molar-refractivity contribution in [3.8, 4) is 0 Å². The van der Waals surface area contributed by atoms with Gasteiger partial charge in [-0.1, -0.05) is 6.07 Å². The Balaban J connectivity index is 2.21. The predicted octanol–water partition coefficient (Wildman–Crippen LogP) is 1.92. The molecule has 116 valence electrons. The van der Waals surface area contributed by atoms with Crippen LogP contribution in [0, 0.1) is 0 Å². The average molecular weight is 328 g/mol. The van der Waals surface area contributed by atoms with E-state index < -0.39 is 15.6 Å². The third-order valence-electron chi connectivity index (χ3n) is 3.03. The van der Waals surface area contributed by atoms with Crippen molar-refractivity contribution in [3.63, 3.8) is 0 Å². The van der Waals surface area contributed by atoms with Gasteiger partial charge in [0.2, 0.25) is 0 Å². The maximum Gasteiger partial charge on any atom is 0.273 e. The normalized spacial score (nSPS) is 12.8. The van der Waals surface area contributed by atoms with Gasteiger partial charge in [0.05, 0.1) is 0 Å². The zero-order chi connectivity index (χ0) is 15.7. The second-order valence-electron chi connectivity index (χ2n) is 5.88. The molecule has 2 aromatic heterocycles. The van der Waals surface area contributed by atoms with E-state index in [2.05, 4.69) is 16.3 Å². The number of primary sulfonamides is 1. The van der Waals surface area contributed by atoms with E-state index in [0.29, 0.717) is 12.2 Å². The van der Waals surface area contributed by atoms with E-state index in [1.54, 1.807) is 15.9 Å². The highest BCUT2D eigenvalue weighted by Crippen LogP contribution is 2.22. The number of sulfonamides is 1. The fourth-order valence-electron chi connectivity index (χ4n) is 2.20. The third kappa shape index (κ3) is 3.90. The molecule has 0 saturated carbocycles. The van der Waals surface area contributed by atoms with E-state index in [9.17, 15) is 8.42 Å². The molecule has 6 nitrogen and oxygen atoms in total. The van der Waals surface area contributed by atoms with Crippen LogP contribution in [0.4, 0.5) is 0 Å². The van der Waals surface area contributed by atoms with Gasteiger partial charge < -0.3 is 0 Å². The number of rotatable bonds is 5.